The molecule has 1 heterocycles. The van der Waals surface area contributed by atoms with Gasteiger partial charge in [-0.1, -0.05) is 60.7 Å². The van der Waals surface area contributed by atoms with Gasteiger partial charge in [0.15, 0.2) is 0 Å². The molecule has 0 fully saturated rings. The number of amides is 1. The van der Waals surface area contributed by atoms with Crippen molar-refractivity contribution in [3.8, 4) is 5.69 Å². The third kappa shape index (κ3) is 5.00. The molecule has 37 heavy (non-hydrogen) atoms. The van der Waals surface area contributed by atoms with Crippen molar-refractivity contribution in [1.82, 2.24) is 9.13 Å². The first-order valence-electron chi connectivity index (χ1n) is 12.2. The van der Waals surface area contributed by atoms with Crippen molar-refractivity contribution in [1.29, 1.82) is 0 Å². The molecular formula is C31H27N3O3. The Morgan fingerprint density at radius 3 is 2.30 bits per heavy atom. The lowest BCUT2D eigenvalue weighted by Crippen LogP contribution is -2.39. The third-order valence-electron chi connectivity index (χ3n) is 6.50. The Balaban J connectivity index is 1.49. The van der Waals surface area contributed by atoms with E-state index in [1.807, 2.05) is 68.4 Å². The first-order chi connectivity index (χ1) is 17.9. The van der Waals surface area contributed by atoms with Crippen molar-refractivity contribution in [3.05, 3.63) is 140 Å². The predicted octanol–water partition coefficient (Wildman–Crippen LogP) is 5.00. The zero-order valence-electron chi connectivity index (χ0n) is 20.8. The molecular weight excluding hydrogens is 462 g/mol. The molecule has 1 amide bonds. The molecule has 1 N–H and O–H groups in total. The van der Waals surface area contributed by atoms with Gasteiger partial charge in [0.05, 0.1) is 29.6 Å². The van der Waals surface area contributed by atoms with E-state index in [1.165, 1.54) is 4.57 Å². The van der Waals surface area contributed by atoms with E-state index < -0.39 is 5.69 Å². The van der Waals surface area contributed by atoms with Gasteiger partial charge >= 0.3 is 5.69 Å². The van der Waals surface area contributed by atoms with Crippen LogP contribution in [0.1, 0.15) is 22.3 Å². The largest absolute Gasteiger partial charge is 0.336 e. The molecule has 4 aromatic carbocycles. The Bertz CT molecular complexity index is 1730. The Morgan fingerprint density at radius 1 is 0.811 bits per heavy atom. The lowest BCUT2D eigenvalue weighted by molar-refractivity contribution is -0.115. The van der Waals surface area contributed by atoms with Crippen LogP contribution in [0.2, 0.25) is 0 Å². The van der Waals surface area contributed by atoms with E-state index in [0.717, 1.165) is 27.9 Å². The van der Waals surface area contributed by atoms with E-state index in [1.54, 1.807) is 47.0 Å². The topological polar surface area (TPSA) is 73.1 Å². The quantitative estimate of drug-likeness (QED) is 0.365. The standard InChI is InChI=1S/C31H27N3O3/c1-21-8-7-11-25(18-21)32-29(35)19-23-14-16-26(17-15-23)34-30(36)27-12-5-6-13-28(27)33(31(34)37)20-24-10-4-3-9-22(24)2/h3-18H,19-20H2,1-2H3,(H,32,35). The number of rotatable bonds is 6. The summed E-state index contributed by atoms with van der Waals surface area (Å²) in [5.41, 5.74) is 4.96. The van der Waals surface area contributed by atoms with Gasteiger partial charge in [-0.3, -0.25) is 14.2 Å². The second-order valence-electron chi connectivity index (χ2n) is 9.21. The number of hydrogen-bond acceptors (Lipinski definition) is 3. The van der Waals surface area contributed by atoms with Crippen molar-refractivity contribution in [2.75, 3.05) is 5.32 Å². The summed E-state index contributed by atoms with van der Waals surface area (Å²) in [6, 6.07) is 29.7. The Labute approximate surface area is 214 Å². The molecule has 184 valence electrons. The summed E-state index contributed by atoms with van der Waals surface area (Å²) in [5.74, 6) is -0.137. The number of nitrogens with one attached hydrogen (secondary N) is 1. The highest BCUT2D eigenvalue weighted by molar-refractivity contribution is 5.92. The lowest BCUT2D eigenvalue weighted by atomic mass is 10.1. The molecule has 6 heteroatoms. The molecule has 0 radical (unpaired) electrons. The number of fused-ring (bicyclic) bond motifs is 1. The van der Waals surface area contributed by atoms with Gasteiger partial charge in [-0.15, -0.1) is 0 Å². The molecule has 0 aliphatic heterocycles. The van der Waals surface area contributed by atoms with Crippen LogP contribution >= 0.6 is 0 Å². The second kappa shape index (κ2) is 10.1. The molecule has 0 bridgehead atoms. The number of aryl methyl sites for hydroxylation is 2. The Hall–Kier alpha value is -4.71. The average Bonchev–Trinajstić information content (AvgIpc) is 2.88. The second-order valence-corrected chi connectivity index (χ2v) is 9.21. The molecule has 0 unspecified atom stereocenters. The maximum absolute atomic E-state index is 13.7. The van der Waals surface area contributed by atoms with E-state index in [2.05, 4.69) is 5.32 Å². The van der Waals surface area contributed by atoms with E-state index in [4.69, 9.17) is 0 Å². The summed E-state index contributed by atoms with van der Waals surface area (Å²) in [6.45, 7) is 4.33. The van der Waals surface area contributed by atoms with Gasteiger partial charge in [-0.25, -0.2) is 9.36 Å². The minimum Gasteiger partial charge on any atom is -0.326 e. The van der Waals surface area contributed by atoms with Crippen LogP contribution in [0.5, 0.6) is 0 Å². The van der Waals surface area contributed by atoms with Gasteiger partial charge in [-0.05, 0) is 72.5 Å². The highest BCUT2D eigenvalue weighted by Crippen LogP contribution is 2.16. The van der Waals surface area contributed by atoms with Gasteiger partial charge in [0.25, 0.3) is 5.56 Å². The molecule has 0 saturated heterocycles. The van der Waals surface area contributed by atoms with E-state index in [-0.39, 0.29) is 17.9 Å². The lowest BCUT2D eigenvalue weighted by Gasteiger charge is -2.15. The molecule has 6 nitrogen and oxygen atoms in total. The monoisotopic (exact) mass is 489 g/mol. The van der Waals surface area contributed by atoms with Crippen LogP contribution in [-0.2, 0) is 17.8 Å². The zero-order chi connectivity index (χ0) is 25.9. The number of para-hydroxylation sites is 1. The molecule has 1 aromatic heterocycles. The number of aromatic nitrogens is 2. The average molecular weight is 490 g/mol. The maximum Gasteiger partial charge on any atom is 0.336 e. The summed E-state index contributed by atoms with van der Waals surface area (Å²) >= 11 is 0. The fourth-order valence-corrected chi connectivity index (χ4v) is 4.54. The van der Waals surface area contributed by atoms with E-state index in [9.17, 15) is 14.4 Å². The summed E-state index contributed by atoms with van der Waals surface area (Å²) in [7, 11) is 0. The fourth-order valence-electron chi connectivity index (χ4n) is 4.54. The van der Waals surface area contributed by atoms with Gasteiger partial charge in [0.2, 0.25) is 5.91 Å². The number of nitrogens with zero attached hydrogens (tertiary/aromatic N) is 2. The van der Waals surface area contributed by atoms with Crippen molar-refractivity contribution < 1.29 is 4.79 Å². The number of benzene rings is 4. The highest BCUT2D eigenvalue weighted by atomic mass is 16.2. The molecule has 5 aromatic rings. The summed E-state index contributed by atoms with van der Waals surface area (Å²) < 4.78 is 2.85. The molecule has 5 rings (SSSR count). The van der Waals surface area contributed by atoms with E-state index in [0.29, 0.717) is 23.1 Å². The van der Waals surface area contributed by atoms with Crippen molar-refractivity contribution >= 4 is 22.5 Å². The van der Waals surface area contributed by atoms with Gasteiger partial charge in [-0.2, -0.15) is 0 Å². The third-order valence-corrected chi connectivity index (χ3v) is 6.50. The molecule has 0 aliphatic rings. The zero-order valence-corrected chi connectivity index (χ0v) is 20.8. The van der Waals surface area contributed by atoms with Crippen LogP contribution in [0.4, 0.5) is 5.69 Å². The fraction of sp³-hybridized carbons (Fsp3) is 0.129. The number of anilines is 1. The molecule has 0 saturated carbocycles. The van der Waals surface area contributed by atoms with Crippen LogP contribution in [0.15, 0.2) is 107 Å². The van der Waals surface area contributed by atoms with Crippen LogP contribution < -0.4 is 16.6 Å². The minimum absolute atomic E-state index is 0.137. The van der Waals surface area contributed by atoms with Crippen molar-refractivity contribution in [3.63, 3.8) is 0 Å². The van der Waals surface area contributed by atoms with Crippen LogP contribution in [0.25, 0.3) is 16.6 Å². The van der Waals surface area contributed by atoms with Crippen molar-refractivity contribution in [2.45, 2.75) is 26.8 Å². The van der Waals surface area contributed by atoms with Crippen molar-refractivity contribution in [2.24, 2.45) is 0 Å². The summed E-state index contributed by atoms with van der Waals surface area (Å²) in [5, 5.41) is 3.37. The van der Waals surface area contributed by atoms with Gasteiger partial charge < -0.3 is 5.32 Å². The van der Waals surface area contributed by atoms with Gasteiger partial charge in [0, 0.05) is 5.69 Å². The molecule has 0 aliphatic carbocycles. The number of hydrogen-bond donors (Lipinski definition) is 1. The SMILES string of the molecule is Cc1cccc(NC(=O)Cc2ccc(-n3c(=O)c4ccccc4n(Cc4ccccc4C)c3=O)cc2)c1. The Morgan fingerprint density at radius 2 is 1.54 bits per heavy atom. The normalized spacial score (nSPS) is 11.0. The number of carbonyl (C=O) groups excluding carboxylic acids is 1. The summed E-state index contributed by atoms with van der Waals surface area (Å²) in [6.07, 6.45) is 0.179. The first kappa shape index (κ1) is 24.0. The van der Waals surface area contributed by atoms with Crippen LogP contribution in [0.3, 0.4) is 0 Å². The highest BCUT2D eigenvalue weighted by Gasteiger charge is 2.15. The molecule has 0 atom stereocenters. The van der Waals surface area contributed by atoms with Gasteiger partial charge in [0.1, 0.15) is 0 Å². The van der Waals surface area contributed by atoms with E-state index >= 15 is 0 Å². The maximum atomic E-state index is 13.7. The smallest absolute Gasteiger partial charge is 0.326 e. The Kier molecular flexibility index (Phi) is 6.56. The number of carbonyl (C=O) groups is 1. The van der Waals surface area contributed by atoms with Crippen LogP contribution in [0, 0.1) is 13.8 Å². The summed E-state index contributed by atoms with van der Waals surface area (Å²) in [4.78, 5) is 39.6. The minimum atomic E-state index is -0.406. The van der Waals surface area contributed by atoms with Crippen LogP contribution in [-0.4, -0.2) is 15.0 Å². The predicted molar refractivity (Wildman–Crippen MR) is 148 cm³/mol. The molecule has 0 spiro atoms. The first-order valence-corrected chi connectivity index (χ1v) is 12.2.